The van der Waals surface area contributed by atoms with E-state index in [1.165, 1.54) is 22.8 Å². The Morgan fingerprint density at radius 3 is 2.92 bits per heavy atom. The Kier molecular flexibility index (Phi) is 3.96. The van der Waals surface area contributed by atoms with Crippen molar-refractivity contribution in [2.24, 2.45) is 0 Å². The summed E-state index contributed by atoms with van der Waals surface area (Å²) in [7, 11) is 0. The topological polar surface area (TPSA) is 80.3 Å². The molecule has 7 heteroatoms. The van der Waals surface area contributed by atoms with Crippen molar-refractivity contribution in [3.63, 3.8) is 0 Å². The Bertz CT molecular complexity index is 988. The predicted octanol–water partition coefficient (Wildman–Crippen LogP) is 2.89. The van der Waals surface area contributed by atoms with Crippen LogP contribution in [0, 0.1) is 24.1 Å². The van der Waals surface area contributed by atoms with Crippen molar-refractivity contribution < 1.29 is 13.9 Å². The largest absolute Gasteiger partial charge is 0.460 e. The number of aryl methyl sites for hydroxylation is 1. The fraction of sp³-hybridized carbons (Fsp3) is 0.176. The number of carbonyl (C=O) groups excluding carboxylic acids is 1. The summed E-state index contributed by atoms with van der Waals surface area (Å²) >= 11 is 0. The molecule has 0 saturated heterocycles. The summed E-state index contributed by atoms with van der Waals surface area (Å²) in [5.74, 6) is -1.03. The molecule has 3 rings (SSSR count). The van der Waals surface area contributed by atoms with Gasteiger partial charge in [-0.1, -0.05) is 0 Å². The van der Waals surface area contributed by atoms with Crippen molar-refractivity contribution in [2.75, 3.05) is 6.61 Å². The molecule has 6 nitrogen and oxygen atoms in total. The SMILES string of the molecule is CCOC(=O)c1ncc2c(C)cc(-c3ccc(F)cc3C#N)nn12. The first-order valence-corrected chi connectivity index (χ1v) is 7.27. The zero-order chi connectivity index (χ0) is 17.3. The lowest BCUT2D eigenvalue weighted by molar-refractivity contribution is 0.0509. The Labute approximate surface area is 137 Å². The number of halogens is 1. The van der Waals surface area contributed by atoms with Gasteiger partial charge >= 0.3 is 5.97 Å². The number of nitriles is 1. The molecule has 1 aromatic carbocycles. The molecule has 0 aliphatic carbocycles. The van der Waals surface area contributed by atoms with Crippen molar-refractivity contribution in [2.45, 2.75) is 13.8 Å². The first-order valence-electron chi connectivity index (χ1n) is 7.27. The lowest BCUT2D eigenvalue weighted by atomic mass is 10.0. The highest BCUT2D eigenvalue weighted by Gasteiger charge is 2.18. The van der Waals surface area contributed by atoms with E-state index in [1.807, 2.05) is 13.0 Å². The molecule has 0 radical (unpaired) electrons. The first kappa shape index (κ1) is 15.6. The summed E-state index contributed by atoms with van der Waals surface area (Å²) in [6.07, 6.45) is 1.54. The average molecular weight is 324 g/mol. The number of rotatable bonds is 3. The number of imidazole rings is 1. The molecule has 2 aromatic heterocycles. The number of esters is 1. The van der Waals surface area contributed by atoms with E-state index in [9.17, 15) is 14.4 Å². The zero-order valence-corrected chi connectivity index (χ0v) is 13.1. The third-order valence-corrected chi connectivity index (χ3v) is 3.54. The predicted molar refractivity (Wildman–Crippen MR) is 83.8 cm³/mol. The maximum atomic E-state index is 13.3. The molecule has 0 saturated carbocycles. The number of benzene rings is 1. The molecule has 0 aliphatic rings. The summed E-state index contributed by atoms with van der Waals surface area (Å²) in [4.78, 5) is 16.1. The number of carbonyl (C=O) groups is 1. The van der Waals surface area contributed by atoms with Gasteiger partial charge in [0, 0.05) is 5.56 Å². The maximum Gasteiger partial charge on any atom is 0.376 e. The molecule has 0 N–H and O–H groups in total. The Balaban J connectivity index is 2.22. The Hall–Kier alpha value is -3.27. The van der Waals surface area contributed by atoms with Crippen LogP contribution in [0.4, 0.5) is 4.39 Å². The monoisotopic (exact) mass is 324 g/mol. The van der Waals surface area contributed by atoms with Gasteiger partial charge in [0.25, 0.3) is 0 Å². The quantitative estimate of drug-likeness (QED) is 0.692. The van der Waals surface area contributed by atoms with Gasteiger partial charge in [0.05, 0.1) is 35.6 Å². The van der Waals surface area contributed by atoms with Crippen molar-refractivity contribution in [1.82, 2.24) is 14.6 Å². The lowest BCUT2D eigenvalue weighted by Crippen LogP contribution is -2.12. The van der Waals surface area contributed by atoms with Crippen LogP contribution in [0.15, 0.2) is 30.5 Å². The fourth-order valence-corrected chi connectivity index (χ4v) is 2.43. The molecule has 0 bridgehead atoms. The number of hydrogen-bond donors (Lipinski definition) is 0. The van der Waals surface area contributed by atoms with Crippen LogP contribution >= 0.6 is 0 Å². The molecule has 0 unspecified atom stereocenters. The van der Waals surface area contributed by atoms with Crippen LogP contribution in [0.5, 0.6) is 0 Å². The molecule has 2 heterocycles. The van der Waals surface area contributed by atoms with Crippen LogP contribution < -0.4 is 0 Å². The molecule has 0 amide bonds. The molecule has 0 atom stereocenters. The van der Waals surface area contributed by atoms with Crippen molar-refractivity contribution in [3.05, 3.63) is 53.2 Å². The van der Waals surface area contributed by atoms with E-state index in [4.69, 9.17) is 4.74 Å². The third-order valence-electron chi connectivity index (χ3n) is 3.54. The maximum absolute atomic E-state index is 13.3. The number of ether oxygens (including phenoxy) is 1. The minimum absolute atomic E-state index is 0.0532. The van der Waals surface area contributed by atoms with Crippen LogP contribution in [0.1, 0.15) is 28.7 Å². The van der Waals surface area contributed by atoms with E-state index in [0.29, 0.717) is 16.8 Å². The number of nitrogens with zero attached hydrogens (tertiary/aromatic N) is 4. The molecule has 120 valence electrons. The van der Waals surface area contributed by atoms with Crippen LogP contribution in [-0.2, 0) is 4.74 Å². The normalized spacial score (nSPS) is 10.6. The Morgan fingerprint density at radius 2 is 2.21 bits per heavy atom. The van der Waals surface area contributed by atoms with Crippen molar-refractivity contribution >= 4 is 11.5 Å². The van der Waals surface area contributed by atoms with E-state index in [1.54, 1.807) is 13.0 Å². The first-order chi connectivity index (χ1) is 11.5. The highest BCUT2D eigenvalue weighted by atomic mass is 19.1. The van der Waals surface area contributed by atoms with E-state index in [-0.39, 0.29) is 18.0 Å². The molecule has 0 fully saturated rings. The summed E-state index contributed by atoms with van der Waals surface area (Å²) in [5, 5.41) is 13.6. The van der Waals surface area contributed by atoms with E-state index >= 15 is 0 Å². The number of hydrogen-bond acceptors (Lipinski definition) is 5. The van der Waals surface area contributed by atoms with E-state index in [2.05, 4.69) is 10.1 Å². The lowest BCUT2D eigenvalue weighted by Gasteiger charge is -2.08. The number of fused-ring (bicyclic) bond motifs is 1. The second kappa shape index (κ2) is 6.08. The van der Waals surface area contributed by atoms with Gasteiger partial charge in [-0.15, -0.1) is 0 Å². The molecule has 0 aliphatic heterocycles. The van der Waals surface area contributed by atoms with Crippen LogP contribution in [0.3, 0.4) is 0 Å². The highest BCUT2D eigenvalue weighted by molar-refractivity contribution is 5.87. The van der Waals surface area contributed by atoms with Gasteiger partial charge in [0.15, 0.2) is 0 Å². The fourth-order valence-electron chi connectivity index (χ4n) is 2.43. The van der Waals surface area contributed by atoms with E-state index in [0.717, 1.165) is 11.6 Å². The summed E-state index contributed by atoms with van der Waals surface area (Å²) in [6, 6.07) is 7.62. The van der Waals surface area contributed by atoms with Gasteiger partial charge in [0.1, 0.15) is 5.82 Å². The van der Waals surface area contributed by atoms with Gasteiger partial charge in [-0.25, -0.2) is 18.7 Å². The molecule has 24 heavy (non-hydrogen) atoms. The standard InChI is InChI=1S/C17H13FN4O2/c1-3-24-17(23)16-20-9-15-10(2)6-14(21-22(15)16)13-5-4-12(18)7-11(13)8-19/h4-7,9H,3H2,1-2H3. The van der Waals surface area contributed by atoms with Crippen LogP contribution in [0.25, 0.3) is 16.8 Å². The number of aromatic nitrogens is 3. The summed E-state index contributed by atoms with van der Waals surface area (Å²) in [5.41, 5.74) is 2.56. The summed E-state index contributed by atoms with van der Waals surface area (Å²) < 4.78 is 19.7. The summed E-state index contributed by atoms with van der Waals surface area (Å²) in [6.45, 7) is 3.77. The van der Waals surface area contributed by atoms with E-state index < -0.39 is 11.8 Å². The van der Waals surface area contributed by atoms with Gasteiger partial charge in [-0.2, -0.15) is 10.4 Å². The third kappa shape index (κ3) is 2.58. The van der Waals surface area contributed by atoms with Crippen LogP contribution in [-0.4, -0.2) is 27.2 Å². The van der Waals surface area contributed by atoms with Crippen molar-refractivity contribution in [3.8, 4) is 17.3 Å². The second-order valence-corrected chi connectivity index (χ2v) is 5.11. The second-order valence-electron chi connectivity index (χ2n) is 5.11. The van der Waals surface area contributed by atoms with Crippen LogP contribution in [0.2, 0.25) is 0 Å². The molecule has 3 aromatic rings. The Morgan fingerprint density at radius 1 is 1.42 bits per heavy atom. The molecular formula is C17H13FN4O2. The van der Waals surface area contributed by atoms with Gasteiger partial charge in [-0.3, -0.25) is 0 Å². The highest BCUT2D eigenvalue weighted by Crippen LogP contribution is 2.25. The smallest absolute Gasteiger partial charge is 0.376 e. The minimum Gasteiger partial charge on any atom is -0.460 e. The van der Waals surface area contributed by atoms with Crippen molar-refractivity contribution in [1.29, 1.82) is 5.26 Å². The molecule has 0 spiro atoms. The van der Waals surface area contributed by atoms with Gasteiger partial charge in [-0.05, 0) is 43.7 Å². The van der Waals surface area contributed by atoms with Gasteiger partial charge in [0.2, 0.25) is 5.82 Å². The molecular weight excluding hydrogens is 311 g/mol. The van der Waals surface area contributed by atoms with Gasteiger partial charge < -0.3 is 4.74 Å². The average Bonchev–Trinajstić information content (AvgIpc) is 2.99. The zero-order valence-electron chi connectivity index (χ0n) is 13.1. The minimum atomic E-state index is -0.582.